The highest BCUT2D eigenvalue weighted by atomic mass is 19.1. The van der Waals surface area contributed by atoms with Crippen molar-refractivity contribution in [2.75, 3.05) is 18.9 Å². The van der Waals surface area contributed by atoms with E-state index in [2.05, 4.69) is 5.32 Å². The van der Waals surface area contributed by atoms with Crippen LogP contribution in [0.1, 0.15) is 30.1 Å². The Morgan fingerprint density at radius 1 is 1.53 bits per heavy atom. The molecule has 0 saturated heterocycles. The maximum absolute atomic E-state index is 13.6. The number of hydrogen-bond donors (Lipinski definition) is 1. The second-order valence-electron chi connectivity index (χ2n) is 4.34. The average molecular weight is 236 g/mol. The number of amides is 1. The molecular weight excluding hydrogens is 219 g/mol. The minimum absolute atomic E-state index is 0.108. The number of carbonyl (C=O) groups is 1. The summed E-state index contributed by atoms with van der Waals surface area (Å²) in [4.78, 5) is 13.9. The summed E-state index contributed by atoms with van der Waals surface area (Å²) in [6.07, 6.45) is 2.10. The molecule has 17 heavy (non-hydrogen) atoms. The largest absolute Gasteiger partial charge is 0.382 e. The standard InChI is InChI=1S/C13H17FN2O/c1-3-15-12-10(5-4-6-11(12)14)13(17)16(2)9-7-8-9/h4-6,9,15H,3,7-8H2,1-2H3. The smallest absolute Gasteiger partial charge is 0.256 e. The first kappa shape index (κ1) is 11.9. The lowest BCUT2D eigenvalue weighted by Crippen LogP contribution is -2.29. The van der Waals surface area contributed by atoms with Gasteiger partial charge in [-0.1, -0.05) is 6.07 Å². The van der Waals surface area contributed by atoms with E-state index < -0.39 is 0 Å². The van der Waals surface area contributed by atoms with Crippen LogP contribution in [0, 0.1) is 5.82 Å². The minimum atomic E-state index is -0.373. The van der Waals surface area contributed by atoms with Gasteiger partial charge >= 0.3 is 0 Å². The predicted molar refractivity (Wildman–Crippen MR) is 65.7 cm³/mol. The third-order valence-corrected chi connectivity index (χ3v) is 3.01. The molecule has 0 heterocycles. The van der Waals surface area contributed by atoms with Crippen LogP contribution in [0.5, 0.6) is 0 Å². The Bertz CT molecular complexity index is 429. The molecule has 0 aliphatic heterocycles. The van der Waals surface area contributed by atoms with Gasteiger partial charge in [0.05, 0.1) is 11.3 Å². The number of para-hydroxylation sites is 1. The molecule has 0 unspecified atom stereocenters. The van der Waals surface area contributed by atoms with Crippen molar-refractivity contribution in [2.45, 2.75) is 25.8 Å². The topological polar surface area (TPSA) is 32.3 Å². The maximum Gasteiger partial charge on any atom is 0.256 e. The molecule has 2 rings (SSSR count). The highest BCUT2D eigenvalue weighted by Gasteiger charge is 2.31. The van der Waals surface area contributed by atoms with Crippen molar-refractivity contribution >= 4 is 11.6 Å². The molecule has 0 atom stereocenters. The lowest BCUT2D eigenvalue weighted by atomic mass is 10.1. The van der Waals surface area contributed by atoms with Crippen LogP contribution >= 0.6 is 0 Å². The van der Waals surface area contributed by atoms with E-state index in [0.717, 1.165) is 12.8 Å². The van der Waals surface area contributed by atoms with Gasteiger partial charge in [-0.05, 0) is 31.9 Å². The first-order valence-electron chi connectivity index (χ1n) is 5.94. The molecule has 1 aromatic rings. The Morgan fingerprint density at radius 2 is 2.24 bits per heavy atom. The Kier molecular flexibility index (Phi) is 3.31. The third-order valence-electron chi connectivity index (χ3n) is 3.01. The molecule has 0 radical (unpaired) electrons. The lowest BCUT2D eigenvalue weighted by Gasteiger charge is -2.19. The molecular formula is C13H17FN2O. The van der Waals surface area contributed by atoms with Crippen LogP contribution in [0.3, 0.4) is 0 Å². The van der Waals surface area contributed by atoms with E-state index in [-0.39, 0.29) is 11.7 Å². The Morgan fingerprint density at radius 3 is 2.82 bits per heavy atom. The van der Waals surface area contributed by atoms with Gasteiger partial charge in [0, 0.05) is 19.6 Å². The monoisotopic (exact) mass is 236 g/mol. The number of benzene rings is 1. The van der Waals surface area contributed by atoms with Crippen LogP contribution in [0.25, 0.3) is 0 Å². The molecule has 1 aliphatic rings. The van der Waals surface area contributed by atoms with Crippen molar-refractivity contribution in [1.82, 2.24) is 4.90 Å². The SMILES string of the molecule is CCNc1c(F)cccc1C(=O)N(C)C1CC1. The van der Waals surface area contributed by atoms with E-state index in [1.54, 1.807) is 24.1 Å². The van der Waals surface area contributed by atoms with Crippen LogP contribution in [-0.2, 0) is 0 Å². The van der Waals surface area contributed by atoms with E-state index in [1.165, 1.54) is 6.07 Å². The van der Waals surface area contributed by atoms with Gasteiger partial charge in [-0.15, -0.1) is 0 Å². The number of halogens is 1. The predicted octanol–water partition coefficient (Wildman–Crippen LogP) is 2.49. The summed E-state index contributed by atoms with van der Waals surface area (Å²) in [6, 6.07) is 4.94. The van der Waals surface area contributed by atoms with E-state index in [9.17, 15) is 9.18 Å². The molecule has 1 saturated carbocycles. The highest BCUT2D eigenvalue weighted by molar-refractivity contribution is 5.99. The summed E-state index contributed by atoms with van der Waals surface area (Å²) in [5.74, 6) is -0.482. The number of rotatable bonds is 4. The Labute approximate surface area is 101 Å². The van der Waals surface area contributed by atoms with Crippen molar-refractivity contribution in [3.8, 4) is 0 Å². The molecule has 1 amide bonds. The summed E-state index contributed by atoms with van der Waals surface area (Å²) in [6.45, 7) is 2.47. The summed E-state index contributed by atoms with van der Waals surface area (Å²) in [5.41, 5.74) is 0.730. The fourth-order valence-corrected chi connectivity index (χ4v) is 1.88. The fourth-order valence-electron chi connectivity index (χ4n) is 1.88. The quantitative estimate of drug-likeness (QED) is 0.871. The molecule has 1 aliphatic carbocycles. The second-order valence-corrected chi connectivity index (χ2v) is 4.34. The number of nitrogens with zero attached hydrogens (tertiary/aromatic N) is 1. The Balaban J connectivity index is 2.29. The minimum Gasteiger partial charge on any atom is -0.382 e. The van der Waals surface area contributed by atoms with E-state index >= 15 is 0 Å². The zero-order valence-electron chi connectivity index (χ0n) is 10.2. The van der Waals surface area contributed by atoms with Crippen molar-refractivity contribution in [3.63, 3.8) is 0 Å². The molecule has 0 bridgehead atoms. The van der Waals surface area contributed by atoms with Gasteiger partial charge in [0.1, 0.15) is 5.82 Å². The van der Waals surface area contributed by atoms with Crippen molar-refractivity contribution in [3.05, 3.63) is 29.6 Å². The molecule has 3 nitrogen and oxygen atoms in total. The molecule has 4 heteroatoms. The lowest BCUT2D eigenvalue weighted by molar-refractivity contribution is 0.0785. The molecule has 1 aromatic carbocycles. The first-order chi connectivity index (χ1) is 8.15. The van der Waals surface area contributed by atoms with Gasteiger partial charge < -0.3 is 10.2 Å². The second kappa shape index (κ2) is 4.73. The number of anilines is 1. The van der Waals surface area contributed by atoms with Crippen LogP contribution < -0.4 is 5.32 Å². The van der Waals surface area contributed by atoms with Gasteiger partial charge in [-0.3, -0.25) is 4.79 Å². The third kappa shape index (κ3) is 2.40. The van der Waals surface area contributed by atoms with Crippen LogP contribution in [0.15, 0.2) is 18.2 Å². The molecule has 0 aromatic heterocycles. The zero-order valence-corrected chi connectivity index (χ0v) is 10.2. The summed E-state index contributed by atoms with van der Waals surface area (Å²) < 4.78 is 13.6. The average Bonchev–Trinajstić information content (AvgIpc) is 3.14. The van der Waals surface area contributed by atoms with Gasteiger partial charge in [-0.2, -0.15) is 0 Å². The Hall–Kier alpha value is -1.58. The van der Waals surface area contributed by atoms with Crippen molar-refractivity contribution < 1.29 is 9.18 Å². The van der Waals surface area contributed by atoms with E-state index in [1.807, 2.05) is 6.92 Å². The number of nitrogens with one attached hydrogen (secondary N) is 1. The first-order valence-corrected chi connectivity index (χ1v) is 5.94. The van der Waals surface area contributed by atoms with Gasteiger partial charge in [0.15, 0.2) is 0 Å². The summed E-state index contributed by atoms with van der Waals surface area (Å²) >= 11 is 0. The normalized spacial score (nSPS) is 14.5. The number of carbonyl (C=O) groups excluding carboxylic acids is 1. The van der Waals surface area contributed by atoms with Crippen molar-refractivity contribution in [2.24, 2.45) is 0 Å². The molecule has 1 N–H and O–H groups in total. The molecule has 1 fully saturated rings. The molecule has 0 spiro atoms. The maximum atomic E-state index is 13.6. The van der Waals surface area contributed by atoms with Crippen LogP contribution in [-0.4, -0.2) is 30.4 Å². The van der Waals surface area contributed by atoms with E-state index in [0.29, 0.717) is 23.8 Å². The summed E-state index contributed by atoms with van der Waals surface area (Å²) in [7, 11) is 1.78. The van der Waals surface area contributed by atoms with Gasteiger partial charge in [0.2, 0.25) is 0 Å². The zero-order chi connectivity index (χ0) is 12.4. The fraction of sp³-hybridized carbons (Fsp3) is 0.462. The highest BCUT2D eigenvalue weighted by Crippen LogP contribution is 2.29. The summed E-state index contributed by atoms with van der Waals surface area (Å²) in [5, 5.41) is 2.92. The van der Waals surface area contributed by atoms with Crippen LogP contribution in [0.2, 0.25) is 0 Å². The van der Waals surface area contributed by atoms with Crippen molar-refractivity contribution in [1.29, 1.82) is 0 Å². The van der Waals surface area contributed by atoms with Gasteiger partial charge in [0.25, 0.3) is 5.91 Å². The van der Waals surface area contributed by atoms with Crippen LogP contribution in [0.4, 0.5) is 10.1 Å². The van der Waals surface area contributed by atoms with Gasteiger partial charge in [-0.25, -0.2) is 4.39 Å². The van der Waals surface area contributed by atoms with E-state index in [4.69, 9.17) is 0 Å². The number of hydrogen-bond acceptors (Lipinski definition) is 2. The molecule has 92 valence electrons.